The normalized spacial score (nSPS) is 11.1. The summed E-state index contributed by atoms with van der Waals surface area (Å²) < 4.78 is 0.992. The first kappa shape index (κ1) is 16.7. The lowest BCUT2D eigenvalue weighted by atomic mass is 10.2. The van der Waals surface area contributed by atoms with E-state index in [9.17, 15) is 5.26 Å². The number of nitrogens with one attached hydrogen (secondary N) is 1. The molecule has 0 amide bonds. The van der Waals surface area contributed by atoms with Gasteiger partial charge in [0.05, 0.1) is 16.4 Å². The van der Waals surface area contributed by atoms with Gasteiger partial charge < -0.3 is 5.32 Å². The van der Waals surface area contributed by atoms with E-state index < -0.39 is 0 Å². The second-order valence-electron chi connectivity index (χ2n) is 4.84. The van der Waals surface area contributed by atoms with Crippen LogP contribution < -0.4 is 5.32 Å². The molecule has 0 aliphatic rings. The molecular formula is C18H11BrClN3S. The summed E-state index contributed by atoms with van der Waals surface area (Å²) in [6.07, 6.45) is 1.63. The molecule has 3 rings (SSSR count). The fraction of sp³-hybridized carbons (Fsp3) is 0. The van der Waals surface area contributed by atoms with Crippen molar-refractivity contribution in [3.8, 4) is 17.3 Å². The van der Waals surface area contributed by atoms with Crippen LogP contribution in [0.4, 0.5) is 5.69 Å². The molecule has 0 aliphatic carbocycles. The number of allylic oxidation sites excluding steroid dienone is 1. The van der Waals surface area contributed by atoms with Crippen LogP contribution in [0.3, 0.4) is 0 Å². The van der Waals surface area contributed by atoms with Crippen LogP contribution in [0.5, 0.6) is 0 Å². The summed E-state index contributed by atoms with van der Waals surface area (Å²) in [6.45, 7) is 0. The van der Waals surface area contributed by atoms with Gasteiger partial charge in [-0.2, -0.15) is 5.26 Å². The van der Waals surface area contributed by atoms with Crippen LogP contribution >= 0.6 is 38.9 Å². The Bertz CT molecular complexity index is 943. The van der Waals surface area contributed by atoms with E-state index in [4.69, 9.17) is 11.6 Å². The molecule has 1 aromatic heterocycles. The third-order valence-corrected chi connectivity index (χ3v) is 4.92. The minimum Gasteiger partial charge on any atom is -0.359 e. The summed E-state index contributed by atoms with van der Waals surface area (Å²) in [4.78, 5) is 4.56. The molecule has 6 heteroatoms. The summed E-state index contributed by atoms with van der Waals surface area (Å²) in [5.74, 6) is 0. The Balaban J connectivity index is 1.86. The molecule has 3 nitrogen and oxygen atoms in total. The minimum atomic E-state index is 0.459. The van der Waals surface area contributed by atoms with Crippen LogP contribution in [0.2, 0.25) is 5.02 Å². The topological polar surface area (TPSA) is 48.7 Å². The van der Waals surface area contributed by atoms with Gasteiger partial charge in [-0.05, 0) is 24.3 Å². The number of anilines is 1. The van der Waals surface area contributed by atoms with Crippen molar-refractivity contribution in [1.82, 2.24) is 4.98 Å². The number of thiazole rings is 1. The number of nitriles is 1. The van der Waals surface area contributed by atoms with E-state index in [1.54, 1.807) is 12.3 Å². The SMILES string of the molecule is N#CC(=CNc1ccccc1Cl)c1nc(-c2cccc(Br)c2)cs1. The first-order valence-electron chi connectivity index (χ1n) is 7.00. The largest absolute Gasteiger partial charge is 0.359 e. The van der Waals surface area contributed by atoms with E-state index in [0.717, 1.165) is 21.4 Å². The zero-order valence-electron chi connectivity index (χ0n) is 12.3. The number of para-hydroxylation sites is 1. The van der Waals surface area contributed by atoms with Crippen LogP contribution in [-0.4, -0.2) is 4.98 Å². The van der Waals surface area contributed by atoms with Crippen molar-refractivity contribution >= 4 is 50.1 Å². The van der Waals surface area contributed by atoms with Gasteiger partial charge in [0.1, 0.15) is 16.6 Å². The van der Waals surface area contributed by atoms with Gasteiger partial charge in [0.15, 0.2) is 0 Å². The highest BCUT2D eigenvalue weighted by atomic mass is 79.9. The summed E-state index contributed by atoms with van der Waals surface area (Å²) in [6, 6.07) is 17.5. The van der Waals surface area contributed by atoms with Crippen molar-refractivity contribution in [3.63, 3.8) is 0 Å². The Labute approximate surface area is 157 Å². The van der Waals surface area contributed by atoms with E-state index in [1.807, 2.05) is 47.8 Å². The molecule has 0 atom stereocenters. The Hall–Kier alpha value is -2.13. The maximum Gasteiger partial charge on any atom is 0.136 e. The van der Waals surface area contributed by atoms with E-state index in [0.29, 0.717) is 15.6 Å². The third-order valence-electron chi connectivity index (χ3n) is 3.22. The Morgan fingerprint density at radius 2 is 2.08 bits per heavy atom. The quantitative estimate of drug-likeness (QED) is 0.515. The molecule has 2 aromatic carbocycles. The number of rotatable bonds is 4. The molecule has 0 radical (unpaired) electrons. The van der Waals surface area contributed by atoms with Crippen LogP contribution in [0.25, 0.3) is 16.8 Å². The van der Waals surface area contributed by atoms with E-state index >= 15 is 0 Å². The van der Waals surface area contributed by atoms with Gasteiger partial charge in [0, 0.05) is 21.6 Å². The number of aromatic nitrogens is 1. The molecule has 3 aromatic rings. The highest BCUT2D eigenvalue weighted by molar-refractivity contribution is 9.10. The van der Waals surface area contributed by atoms with Gasteiger partial charge in [-0.1, -0.05) is 51.8 Å². The molecule has 0 spiro atoms. The highest BCUT2D eigenvalue weighted by Gasteiger charge is 2.09. The molecule has 0 saturated carbocycles. The standard InChI is InChI=1S/C18H11BrClN3S/c19-14-5-3-4-12(8-14)17-11-24-18(23-17)13(9-21)10-22-16-7-2-1-6-15(16)20/h1-8,10-11,22H. The molecule has 0 aliphatic heterocycles. The summed E-state index contributed by atoms with van der Waals surface area (Å²) in [5.41, 5.74) is 3.05. The van der Waals surface area contributed by atoms with Crippen LogP contribution in [-0.2, 0) is 0 Å². The number of hydrogen-bond donors (Lipinski definition) is 1. The summed E-state index contributed by atoms with van der Waals surface area (Å²) >= 11 is 11.0. The number of nitrogens with zero attached hydrogens (tertiary/aromatic N) is 2. The average molecular weight is 417 g/mol. The zero-order chi connectivity index (χ0) is 16.9. The maximum absolute atomic E-state index is 9.42. The fourth-order valence-corrected chi connectivity index (χ4v) is 3.43. The molecule has 0 bridgehead atoms. The predicted molar refractivity (Wildman–Crippen MR) is 104 cm³/mol. The summed E-state index contributed by atoms with van der Waals surface area (Å²) in [5, 5.41) is 15.7. The summed E-state index contributed by atoms with van der Waals surface area (Å²) in [7, 11) is 0. The minimum absolute atomic E-state index is 0.459. The van der Waals surface area contributed by atoms with Crippen LogP contribution in [0, 0.1) is 11.3 Å². The van der Waals surface area contributed by atoms with Gasteiger partial charge in [-0.25, -0.2) is 4.98 Å². The van der Waals surface area contributed by atoms with Crippen molar-refractivity contribution < 1.29 is 0 Å². The highest BCUT2D eigenvalue weighted by Crippen LogP contribution is 2.28. The molecule has 0 unspecified atom stereocenters. The molecule has 0 fully saturated rings. The Morgan fingerprint density at radius 1 is 1.25 bits per heavy atom. The van der Waals surface area contributed by atoms with Crippen molar-refractivity contribution in [1.29, 1.82) is 5.26 Å². The van der Waals surface area contributed by atoms with Gasteiger partial charge >= 0.3 is 0 Å². The van der Waals surface area contributed by atoms with Gasteiger partial charge in [0.2, 0.25) is 0 Å². The van der Waals surface area contributed by atoms with E-state index in [-0.39, 0.29) is 0 Å². The smallest absolute Gasteiger partial charge is 0.136 e. The monoisotopic (exact) mass is 415 g/mol. The van der Waals surface area contributed by atoms with E-state index in [2.05, 4.69) is 32.3 Å². The van der Waals surface area contributed by atoms with Gasteiger partial charge in [-0.3, -0.25) is 0 Å². The number of benzene rings is 2. The fourth-order valence-electron chi connectivity index (χ4n) is 2.05. The molecule has 0 saturated heterocycles. The first-order chi connectivity index (χ1) is 11.7. The third kappa shape index (κ3) is 3.85. The second kappa shape index (κ2) is 7.63. The van der Waals surface area contributed by atoms with Crippen LogP contribution in [0.15, 0.2) is 64.6 Å². The second-order valence-corrected chi connectivity index (χ2v) is 7.02. The first-order valence-corrected chi connectivity index (χ1v) is 9.05. The molecule has 1 N–H and O–H groups in total. The lowest BCUT2D eigenvalue weighted by molar-refractivity contribution is 1.36. The average Bonchev–Trinajstić information content (AvgIpc) is 3.07. The van der Waals surface area contributed by atoms with Crippen molar-refractivity contribution in [2.24, 2.45) is 0 Å². The molecule has 24 heavy (non-hydrogen) atoms. The lowest BCUT2D eigenvalue weighted by Crippen LogP contribution is -1.91. The van der Waals surface area contributed by atoms with Gasteiger partial charge in [-0.15, -0.1) is 11.3 Å². The predicted octanol–water partition coefficient (Wildman–Crippen LogP) is 6.20. The zero-order valence-corrected chi connectivity index (χ0v) is 15.5. The molecular weight excluding hydrogens is 406 g/mol. The van der Waals surface area contributed by atoms with E-state index in [1.165, 1.54) is 11.3 Å². The van der Waals surface area contributed by atoms with Crippen molar-refractivity contribution in [2.45, 2.75) is 0 Å². The number of halogens is 2. The van der Waals surface area contributed by atoms with Crippen LogP contribution in [0.1, 0.15) is 5.01 Å². The van der Waals surface area contributed by atoms with Crippen molar-refractivity contribution in [2.75, 3.05) is 5.32 Å². The maximum atomic E-state index is 9.42. The lowest BCUT2D eigenvalue weighted by Gasteiger charge is -2.03. The molecule has 118 valence electrons. The number of hydrogen-bond acceptors (Lipinski definition) is 4. The van der Waals surface area contributed by atoms with Crippen molar-refractivity contribution in [3.05, 3.63) is 74.6 Å². The van der Waals surface area contributed by atoms with Gasteiger partial charge in [0.25, 0.3) is 0 Å². The Morgan fingerprint density at radius 3 is 2.83 bits per heavy atom. The Kier molecular flexibility index (Phi) is 5.31. The molecule has 1 heterocycles.